The Bertz CT molecular complexity index is 441. The van der Waals surface area contributed by atoms with Crippen LogP contribution in [0.2, 0.25) is 0 Å². The van der Waals surface area contributed by atoms with Crippen molar-refractivity contribution in [1.82, 2.24) is 15.2 Å². The van der Waals surface area contributed by atoms with Crippen molar-refractivity contribution in [2.24, 2.45) is 0 Å². The van der Waals surface area contributed by atoms with Crippen molar-refractivity contribution in [3.05, 3.63) is 29.3 Å². The zero-order chi connectivity index (χ0) is 9.97. The highest BCUT2D eigenvalue weighted by molar-refractivity contribution is 7.14. The van der Waals surface area contributed by atoms with Crippen LogP contribution in [0.5, 0.6) is 0 Å². The summed E-state index contributed by atoms with van der Waals surface area (Å²) in [5.41, 5.74) is 0.683. The molecule has 0 radical (unpaired) electrons. The van der Waals surface area contributed by atoms with Crippen molar-refractivity contribution in [1.29, 1.82) is 0 Å². The summed E-state index contributed by atoms with van der Waals surface area (Å²) in [6, 6.07) is 1.41. The topological polar surface area (TPSA) is 38.7 Å². The summed E-state index contributed by atoms with van der Waals surface area (Å²) in [7, 11) is 0. The maximum atomic E-state index is 12.8. The van der Waals surface area contributed by atoms with Crippen LogP contribution in [-0.2, 0) is 6.42 Å². The normalized spacial score (nSPS) is 10.4. The molecule has 0 saturated carbocycles. The van der Waals surface area contributed by atoms with Gasteiger partial charge in [-0.15, -0.1) is 10.2 Å². The minimum absolute atomic E-state index is 0.351. The quantitative estimate of drug-likeness (QED) is 0.761. The van der Waals surface area contributed by atoms with Crippen LogP contribution >= 0.6 is 11.3 Å². The SMILES string of the molecule is CCc1nnc(-c2cncc(F)c2)s1. The summed E-state index contributed by atoms with van der Waals surface area (Å²) < 4.78 is 12.8. The van der Waals surface area contributed by atoms with E-state index in [1.54, 1.807) is 6.20 Å². The van der Waals surface area contributed by atoms with Crippen molar-refractivity contribution in [3.63, 3.8) is 0 Å². The van der Waals surface area contributed by atoms with Gasteiger partial charge in [-0.2, -0.15) is 0 Å². The summed E-state index contributed by atoms with van der Waals surface area (Å²) in [6.07, 6.45) is 3.61. The molecule has 3 nitrogen and oxygen atoms in total. The van der Waals surface area contributed by atoms with Gasteiger partial charge in [0, 0.05) is 11.8 Å². The molecule has 0 bridgehead atoms. The fourth-order valence-electron chi connectivity index (χ4n) is 1.04. The maximum absolute atomic E-state index is 12.8. The Kier molecular flexibility index (Phi) is 2.49. The highest BCUT2D eigenvalue weighted by Crippen LogP contribution is 2.23. The van der Waals surface area contributed by atoms with Gasteiger partial charge in [-0.1, -0.05) is 18.3 Å². The van der Waals surface area contributed by atoms with Gasteiger partial charge in [-0.05, 0) is 12.5 Å². The van der Waals surface area contributed by atoms with Crippen LogP contribution < -0.4 is 0 Å². The predicted octanol–water partition coefficient (Wildman–Crippen LogP) is 2.30. The number of pyridine rings is 1. The second-order valence-corrected chi connectivity index (χ2v) is 3.81. The van der Waals surface area contributed by atoms with Crippen LogP contribution in [0.4, 0.5) is 4.39 Å². The minimum atomic E-state index is -0.351. The Morgan fingerprint density at radius 3 is 2.86 bits per heavy atom. The first-order chi connectivity index (χ1) is 6.79. The molecule has 2 rings (SSSR count). The molecule has 14 heavy (non-hydrogen) atoms. The molecule has 0 spiro atoms. The average Bonchev–Trinajstić information content (AvgIpc) is 2.66. The third kappa shape index (κ3) is 1.77. The van der Waals surface area contributed by atoms with Crippen LogP contribution in [0, 0.1) is 5.82 Å². The first-order valence-corrected chi connectivity index (χ1v) is 5.04. The van der Waals surface area contributed by atoms with Crippen LogP contribution in [-0.4, -0.2) is 15.2 Å². The second kappa shape index (κ2) is 3.79. The van der Waals surface area contributed by atoms with E-state index in [1.807, 2.05) is 6.92 Å². The number of aryl methyl sites for hydroxylation is 1. The van der Waals surface area contributed by atoms with Crippen LogP contribution in [0.1, 0.15) is 11.9 Å². The van der Waals surface area contributed by atoms with E-state index in [9.17, 15) is 4.39 Å². The van der Waals surface area contributed by atoms with E-state index in [1.165, 1.54) is 23.6 Å². The molecule has 2 aromatic heterocycles. The maximum Gasteiger partial charge on any atom is 0.149 e. The van der Waals surface area contributed by atoms with Gasteiger partial charge in [0.2, 0.25) is 0 Å². The standard InChI is InChI=1S/C9H8FN3S/c1-2-8-12-13-9(14-8)6-3-7(10)5-11-4-6/h3-5H,2H2,1H3. The van der Waals surface area contributed by atoms with Gasteiger partial charge in [0.05, 0.1) is 6.20 Å². The molecule has 0 atom stereocenters. The van der Waals surface area contributed by atoms with E-state index in [0.29, 0.717) is 10.6 Å². The van der Waals surface area contributed by atoms with Gasteiger partial charge >= 0.3 is 0 Å². The van der Waals surface area contributed by atoms with Crippen molar-refractivity contribution in [2.45, 2.75) is 13.3 Å². The molecular weight excluding hydrogens is 201 g/mol. The fraction of sp³-hybridized carbons (Fsp3) is 0.222. The summed E-state index contributed by atoms with van der Waals surface area (Å²) in [5.74, 6) is -0.351. The summed E-state index contributed by atoms with van der Waals surface area (Å²) >= 11 is 1.47. The lowest BCUT2D eigenvalue weighted by Crippen LogP contribution is -1.82. The van der Waals surface area contributed by atoms with E-state index in [2.05, 4.69) is 15.2 Å². The number of rotatable bonds is 2. The molecule has 0 N–H and O–H groups in total. The van der Waals surface area contributed by atoms with Gasteiger partial charge in [-0.25, -0.2) is 4.39 Å². The van der Waals surface area contributed by atoms with Gasteiger partial charge in [0.25, 0.3) is 0 Å². The molecule has 0 aromatic carbocycles. The first-order valence-electron chi connectivity index (χ1n) is 4.23. The van der Waals surface area contributed by atoms with E-state index < -0.39 is 0 Å². The minimum Gasteiger partial charge on any atom is -0.261 e. The monoisotopic (exact) mass is 209 g/mol. The molecule has 0 amide bonds. The lowest BCUT2D eigenvalue weighted by molar-refractivity contribution is 0.622. The number of halogens is 1. The van der Waals surface area contributed by atoms with E-state index >= 15 is 0 Å². The van der Waals surface area contributed by atoms with Crippen LogP contribution in [0.25, 0.3) is 10.6 Å². The van der Waals surface area contributed by atoms with Gasteiger partial charge < -0.3 is 0 Å². The van der Waals surface area contributed by atoms with Gasteiger partial charge in [-0.3, -0.25) is 4.98 Å². The lowest BCUT2D eigenvalue weighted by Gasteiger charge is -1.92. The molecule has 2 heterocycles. The molecule has 0 saturated heterocycles. The number of hydrogen-bond acceptors (Lipinski definition) is 4. The Morgan fingerprint density at radius 1 is 1.36 bits per heavy atom. The van der Waals surface area contributed by atoms with E-state index in [0.717, 1.165) is 11.4 Å². The molecule has 0 aliphatic heterocycles. The largest absolute Gasteiger partial charge is 0.261 e. The zero-order valence-electron chi connectivity index (χ0n) is 7.57. The third-order valence-corrected chi connectivity index (χ3v) is 2.84. The summed E-state index contributed by atoms with van der Waals surface area (Å²) in [4.78, 5) is 3.76. The molecule has 0 aliphatic carbocycles. The van der Waals surface area contributed by atoms with Gasteiger partial charge in [0.15, 0.2) is 0 Å². The average molecular weight is 209 g/mol. The Hall–Kier alpha value is -1.36. The van der Waals surface area contributed by atoms with Crippen LogP contribution in [0.15, 0.2) is 18.5 Å². The van der Waals surface area contributed by atoms with E-state index in [-0.39, 0.29) is 5.82 Å². The Balaban J connectivity index is 2.39. The highest BCUT2D eigenvalue weighted by atomic mass is 32.1. The third-order valence-electron chi connectivity index (χ3n) is 1.72. The van der Waals surface area contributed by atoms with Crippen molar-refractivity contribution in [3.8, 4) is 10.6 Å². The highest BCUT2D eigenvalue weighted by Gasteiger charge is 2.06. The number of aromatic nitrogens is 3. The number of hydrogen-bond donors (Lipinski definition) is 0. The molecular formula is C9H8FN3S. The first kappa shape index (κ1) is 9.21. The van der Waals surface area contributed by atoms with Crippen molar-refractivity contribution in [2.75, 3.05) is 0 Å². The number of nitrogens with zero attached hydrogens (tertiary/aromatic N) is 3. The summed E-state index contributed by atoms with van der Waals surface area (Å²) in [5, 5.41) is 9.58. The molecule has 5 heteroatoms. The van der Waals surface area contributed by atoms with Crippen LogP contribution in [0.3, 0.4) is 0 Å². The molecule has 72 valence electrons. The molecule has 0 aliphatic rings. The second-order valence-electron chi connectivity index (χ2n) is 2.75. The van der Waals surface area contributed by atoms with Crippen molar-refractivity contribution >= 4 is 11.3 Å². The zero-order valence-corrected chi connectivity index (χ0v) is 8.38. The Labute approximate surface area is 84.7 Å². The van der Waals surface area contributed by atoms with Crippen molar-refractivity contribution < 1.29 is 4.39 Å². The van der Waals surface area contributed by atoms with E-state index in [4.69, 9.17) is 0 Å². The van der Waals surface area contributed by atoms with Gasteiger partial charge in [0.1, 0.15) is 15.8 Å². The fourth-order valence-corrected chi connectivity index (χ4v) is 1.80. The lowest BCUT2D eigenvalue weighted by atomic mass is 10.3. The molecule has 2 aromatic rings. The predicted molar refractivity (Wildman–Crippen MR) is 52.5 cm³/mol. The smallest absolute Gasteiger partial charge is 0.149 e. The Morgan fingerprint density at radius 2 is 2.21 bits per heavy atom. The summed E-state index contributed by atoms with van der Waals surface area (Å²) in [6.45, 7) is 2.01. The molecule has 0 unspecified atom stereocenters. The molecule has 0 fully saturated rings.